The molecule has 0 aromatic carbocycles. The van der Waals surface area contributed by atoms with Gasteiger partial charge in [0, 0.05) is 12.3 Å². The van der Waals surface area contributed by atoms with Gasteiger partial charge < -0.3 is 0 Å². The highest BCUT2D eigenvalue weighted by molar-refractivity contribution is 5.85. The Morgan fingerprint density at radius 3 is 3.00 bits per heavy atom. The Hall–Kier alpha value is -1.08. The molecule has 0 fully saturated rings. The lowest BCUT2D eigenvalue weighted by molar-refractivity contribution is 0.669. The Balaban J connectivity index is 2.45. The molecule has 3 heteroatoms. The summed E-state index contributed by atoms with van der Waals surface area (Å²) in [5.74, 6) is 4.13. The maximum absolute atomic E-state index is 4.05. The van der Waals surface area contributed by atoms with E-state index in [1.54, 1.807) is 6.20 Å². The summed E-state index contributed by atoms with van der Waals surface area (Å²) in [6.07, 6.45) is 2.52. The average molecular weight is 137 g/mol. The number of amidine groups is 1. The summed E-state index contributed by atoms with van der Waals surface area (Å²) < 4.78 is 0. The largest absolute Gasteiger partial charge is 0.257 e. The SMILES string of the molecule is CC(C)CC1=NC=C=NN1. The molecule has 0 aromatic rings. The molecule has 0 amide bonds. The number of rotatable bonds is 2. The molecule has 1 rings (SSSR count). The minimum atomic E-state index is 0.618. The van der Waals surface area contributed by atoms with Crippen molar-refractivity contribution in [1.29, 1.82) is 0 Å². The third-order valence-electron chi connectivity index (χ3n) is 1.13. The van der Waals surface area contributed by atoms with Crippen molar-refractivity contribution in [3.63, 3.8) is 0 Å². The van der Waals surface area contributed by atoms with Crippen LogP contribution in [0, 0.1) is 5.92 Å². The number of nitrogens with zero attached hydrogens (tertiary/aromatic N) is 2. The summed E-state index contributed by atoms with van der Waals surface area (Å²) in [6, 6.07) is 0. The molecule has 10 heavy (non-hydrogen) atoms. The summed E-state index contributed by atoms with van der Waals surface area (Å²) >= 11 is 0. The van der Waals surface area contributed by atoms with E-state index in [0.717, 1.165) is 12.3 Å². The van der Waals surface area contributed by atoms with Gasteiger partial charge in [0.1, 0.15) is 5.84 Å². The van der Waals surface area contributed by atoms with Gasteiger partial charge >= 0.3 is 0 Å². The average Bonchev–Trinajstić information content (AvgIpc) is 1.88. The van der Waals surface area contributed by atoms with Crippen molar-refractivity contribution in [2.24, 2.45) is 16.0 Å². The van der Waals surface area contributed by atoms with Crippen molar-refractivity contribution in [2.45, 2.75) is 20.3 Å². The summed E-state index contributed by atoms with van der Waals surface area (Å²) in [5, 5.41) is 3.73. The summed E-state index contributed by atoms with van der Waals surface area (Å²) in [7, 11) is 0. The van der Waals surface area contributed by atoms with Gasteiger partial charge in [0.15, 0.2) is 0 Å². The van der Waals surface area contributed by atoms with E-state index in [2.05, 4.69) is 35.2 Å². The number of aliphatic imine (C=N–C) groups is 1. The molecule has 0 unspecified atom stereocenters. The molecule has 0 aromatic heterocycles. The van der Waals surface area contributed by atoms with Gasteiger partial charge in [-0.1, -0.05) is 13.8 Å². The standard InChI is InChI=1S/C7H11N3/c1-6(2)5-7-8-3-4-9-10-7/h3,6H,5H2,1-2H3,(H,8,10). The minimum absolute atomic E-state index is 0.618. The van der Waals surface area contributed by atoms with Gasteiger partial charge in [-0.15, -0.1) is 5.10 Å². The third-order valence-corrected chi connectivity index (χ3v) is 1.13. The van der Waals surface area contributed by atoms with E-state index in [-0.39, 0.29) is 0 Å². The first-order valence-electron chi connectivity index (χ1n) is 3.38. The van der Waals surface area contributed by atoms with E-state index >= 15 is 0 Å². The van der Waals surface area contributed by atoms with Crippen molar-refractivity contribution in [1.82, 2.24) is 5.43 Å². The molecule has 1 heterocycles. The predicted octanol–water partition coefficient (Wildman–Crippen LogP) is 1.13. The minimum Gasteiger partial charge on any atom is -0.257 e. The Bertz CT molecular complexity index is 197. The molecule has 1 aliphatic heterocycles. The van der Waals surface area contributed by atoms with Crippen molar-refractivity contribution in [2.75, 3.05) is 0 Å². The molecule has 0 atom stereocenters. The molecule has 0 saturated heterocycles. The normalized spacial score (nSPS) is 15.3. The topological polar surface area (TPSA) is 36.8 Å². The van der Waals surface area contributed by atoms with Crippen LogP contribution in [0.15, 0.2) is 16.3 Å². The van der Waals surface area contributed by atoms with Crippen LogP contribution in [0.3, 0.4) is 0 Å². The van der Waals surface area contributed by atoms with E-state index in [1.165, 1.54) is 0 Å². The Morgan fingerprint density at radius 2 is 2.50 bits per heavy atom. The van der Waals surface area contributed by atoms with E-state index < -0.39 is 0 Å². The summed E-state index contributed by atoms with van der Waals surface area (Å²) in [5.41, 5.74) is 2.78. The van der Waals surface area contributed by atoms with Gasteiger partial charge in [-0.3, -0.25) is 5.43 Å². The van der Waals surface area contributed by atoms with Crippen LogP contribution in [0.5, 0.6) is 0 Å². The third kappa shape index (κ3) is 2.03. The van der Waals surface area contributed by atoms with Crippen LogP contribution in [0.1, 0.15) is 20.3 Å². The van der Waals surface area contributed by atoms with E-state index in [0.29, 0.717) is 5.92 Å². The highest BCUT2D eigenvalue weighted by Gasteiger charge is 2.01. The van der Waals surface area contributed by atoms with Crippen LogP contribution >= 0.6 is 0 Å². The smallest absolute Gasteiger partial charge is 0.123 e. The molecule has 54 valence electrons. The van der Waals surface area contributed by atoms with Crippen molar-refractivity contribution < 1.29 is 0 Å². The Morgan fingerprint density at radius 1 is 1.70 bits per heavy atom. The highest BCUT2D eigenvalue weighted by Crippen LogP contribution is 2.00. The Kier molecular flexibility index (Phi) is 2.24. The van der Waals surface area contributed by atoms with Crippen molar-refractivity contribution in [3.05, 3.63) is 6.20 Å². The van der Waals surface area contributed by atoms with Crippen LogP contribution in [0.4, 0.5) is 0 Å². The van der Waals surface area contributed by atoms with Crippen LogP contribution in [0.25, 0.3) is 0 Å². The second-order valence-electron chi connectivity index (χ2n) is 2.66. The highest BCUT2D eigenvalue weighted by atomic mass is 15.3. The van der Waals surface area contributed by atoms with Gasteiger partial charge in [-0.05, 0) is 5.92 Å². The second-order valence-corrected chi connectivity index (χ2v) is 2.66. The molecule has 1 aliphatic rings. The molecular formula is C7H11N3. The molecular weight excluding hydrogens is 126 g/mol. The zero-order valence-electron chi connectivity index (χ0n) is 6.26. The fraction of sp³-hybridized carbons (Fsp3) is 0.571. The maximum Gasteiger partial charge on any atom is 0.123 e. The first kappa shape index (κ1) is 7.03. The predicted molar refractivity (Wildman–Crippen MR) is 42.0 cm³/mol. The summed E-state index contributed by atoms with van der Waals surface area (Å²) in [6.45, 7) is 4.29. The van der Waals surface area contributed by atoms with Gasteiger partial charge in [-0.2, -0.15) is 0 Å². The van der Waals surface area contributed by atoms with Gasteiger partial charge in [0.05, 0.1) is 6.20 Å². The van der Waals surface area contributed by atoms with Crippen LogP contribution in [-0.4, -0.2) is 11.7 Å². The number of hydrogen-bond acceptors (Lipinski definition) is 3. The van der Waals surface area contributed by atoms with E-state index in [1.807, 2.05) is 0 Å². The number of nitrogens with one attached hydrogen (secondary N) is 1. The zero-order chi connectivity index (χ0) is 7.40. The number of hydrogen-bond donors (Lipinski definition) is 1. The lowest BCUT2D eigenvalue weighted by atomic mass is 10.1. The van der Waals surface area contributed by atoms with E-state index in [4.69, 9.17) is 0 Å². The van der Waals surface area contributed by atoms with Crippen molar-refractivity contribution >= 4 is 11.7 Å². The lowest BCUT2D eigenvalue weighted by Crippen LogP contribution is -2.20. The maximum atomic E-state index is 4.05. The van der Waals surface area contributed by atoms with Gasteiger partial charge in [-0.25, -0.2) is 4.99 Å². The lowest BCUT2D eigenvalue weighted by Gasteiger charge is -2.06. The fourth-order valence-electron chi connectivity index (χ4n) is 0.746. The summed E-state index contributed by atoms with van der Waals surface area (Å²) in [4.78, 5) is 4.05. The first-order valence-corrected chi connectivity index (χ1v) is 3.38. The van der Waals surface area contributed by atoms with Crippen LogP contribution < -0.4 is 5.43 Å². The second kappa shape index (κ2) is 3.18. The Labute approximate surface area is 60.5 Å². The fourth-order valence-corrected chi connectivity index (χ4v) is 0.746. The van der Waals surface area contributed by atoms with Crippen molar-refractivity contribution in [3.8, 4) is 0 Å². The van der Waals surface area contributed by atoms with Gasteiger partial charge in [0.25, 0.3) is 0 Å². The molecule has 0 bridgehead atoms. The zero-order valence-corrected chi connectivity index (χ0v) is 6.26. The molecule has 0 radical (unpaired) electrons. The number of hydrazone groups is 1. The molecule has 0 saturated carbocycles. The first-order chi connectivity index (χ1) is 4.79. The quantitative estimate of drug-likeness (QED) is 0.608. The molecule has 0 aliphatic carbocycles. The van der Waals surface area contributed by atoms with Crippen LogP contribution in [0.2, 0.25) is 0 Å². The molecule has 0 spiro atoms. The molecule has 1 N–H and O–H groups in total. The van der Waals surface area contributed by atoms with Gasteiger partial charge in [0.2, 0.25) is 0 Å². The van der Waals surface area contributed by atoms with Crippen LogP contribution in [-0.2, 0) is 0 Å². The monoisotopic (exact) mass is 137 g/mol. The molecule has 3 nitrogen and oxygen atoms in total. The van der Waals surface area contributed by atoms with E-state index in [9.17, 15) is 0 Å².